The lowest BCUT2D eigenvalue weighted by atomic mass is 10.1. The Kier molecular flexibility index (Phi) is 10.2. The van der Waals surface area contributed by atoms with Gasteiger partial charge in [0.15, 0.2) is 0 Å². The van der Waals surface area contributed by atoms with E-state index in [4.69, 9.17) is 5.73 Å². The molecule has 0 radical (unpaired) electrons. The molecule has 5 nitrogen and oxygen atoms in total. The molecule has 0 unspecified atom stereocenters. The molecule has 1 aromatic rings. The Balaban J connectivity index is 0.00000338. The van der Waals surface area contributed by atoms with Gasteiger partial charge in [0.25, 0.3) is 5.91 Å². The van der Waals surface area contributed by atoms with Crippen LogP contribution in [0.3, 0.4) is 0 Å². The van der Waals surface area contributed by atoms with Crippen molar-refractivity contribution >= 4 is 24.2 Å². The van der Waals surface area contributed by atoms with E-state index in [1.807, 2.05) is 4.90 Å². The van der Waals surface area contributed by atoms with Crippen LogP contribution in [0.2, 0.25) is 0 Å². The number of benzene rings is 1. The molecule has 2 amide bonds. The fraction of sp³-hybridized carbons (Fsp3) is 0.579. The molecular weight excluding hydrogens is 357 g/mol. The average molecular weight is 386 g/mol. The number of carbonyl (C=O) groups excluding carboxylic acids is 2. The van der Waals surface area contributed by atoms with Crippen molar-refractivity contribution in [1.29, 1.82) is 0 Å². The van der Waals surface area contributed by atoms with E-state index in [2.05, 4.69) is 0 Å². The van der Waals surface area contributed by atoms with Crippen LogP contribution in [0.15, 0.2) is 24.3 Å². The minimum atomic E-state index is -0.410. The van der Waals surface area contributed by atoms with Crippen molar-refractivity contribution in [2.45, 2.75) is 38.5 Å². The highest BCUT2D eigenvalue weighted by atomic mass is 35.5. The van der Waals surface area contributed by atoms with Gasteiger partial charge in [-0.3, -0.25) is 9.59 Å². The summed E-state index contributed by atoms with van der Waals surface area (Å²) in [6, 6.07) is 5.76. The van der Waals surface area contributed by atoms with E-state index >= 15 is 0 Å². The third-order valence-electron chi connectivity index (χ3n) is 4.55. The number of halogens is 2. The summed E-state index contributed by atoms with van der Waals surface area (Å²) < 4.78 is 13.3. The largest absolute Gasteiger partial charge is 0.341 e. The van der Waals surface area contributed by atoms with Crippen LogP contribution < -0.4 is 5.73 Å². The first-order valence-electron chi connectivity index (χ1n) is 9.14. The van der Waals surface area contributed by atoms with Gasteiger partial charge in [0.1, 0.15) is 5.82 Å². The quantitative estimate of drug-likeness (QED) is 0.734. The van der Waals surface area contributed by atoms with Crippen LogP contribution in [0.25, 0.3) is 0 Å². The lowest BCUT2D eigenvalue weighted by Gasteiger charge is -2.22. The average Bonchev–Trinajstić information content (AvgIpc) is 2.87. The van der Waals surface area contributed by atoms with Gasteiger partial charge in [0, 0.05) is 38.2 Å². The fourth-order valence-corrected chi connectivity index (χ4v) is 3.11. The van der Waals surface area contributed by atoms with Crippen LogP contribution in [0.1, 0.15) is 48.9 Å². The van der Waals surface area contributed by atoms with E-state index in [9.17, 15) is 14.0 Å². The van der Waals surface area contributed by atoms with Crippen molar-refractivity contribution in [2.75, 3.05) is 32.7 Å². The topological polar surface area (TPSA) is 66.6 Å². The minimum absolute atomic E-state index is 0. The first kappa shape index (κ1) is 22.4. The first-order chi connectivity index (χ1) is 12.1. The standard InChI is InChI=1S/C19H28FN3O2.ClH/c20-17-8-5-7-16(15-17)19(25)23-12-6-11-22(13-14-23)18(24)9-3-1-2-4-10-21;/h5,7-8,15H,1-4,6,9-14,21H2;1H. The number of nitrogens with two attached hydrogens (primary N) is 1. The van der Waals surface area contributed by atoms with Crippen LogP contribution in [-0.2, 0) is 4.79 Å². The summed E-state index contributed by atoms with van der Waals surface area (Å²) in [5.41, 5.74) is 5.83. The molecule has 7 heteroatoms. The monoisotopic (exact) mass is 385 g/mol. The molecule has 1 aromatic carbocycles. The number of nitrogens with zero attached hydrogens (tertiary/aromatic N) is 2. The smallest absolute Gasteiger partial charge is 0.254 e. The van der Waals surface area contributed by atoms with Gasteiger partial charge in [0.2, 0.25) is 5.91 Å². The predicted molar refractivity (Wildman–Crippen MR) is 103 cm³/mol. The maximum Gasteiger partial charge on any atom is 0.254 e. The second-order valence-electron chi connectivity index (χ2n) is 6.49. The van der Waals surface area contributed by atoms with Gasteiger partial charge >= 0.3 is 0 Å². The van der Waals surface area contributed by atoms with E-state index in [1.54, 1.807) is 17.0 Å². The highest BCUT2D eigenvalue weighted by Gasteiger charge is 2.22. The van der Waals surface area contributed by atoms with Crippen LogP contribution >= 0.6 is 12.4 Å². The van der Waals surface area contributed by atoms with E-state index in [0.717, 1.165) is 32.1 Å². The van der Waals surface area contributed by atoms with Crippen LogP contribution in [0, 0.1) is 5.82 Å². The Hall–Kier alpha value is -1.66. The molecule has 0 aliphatic carbocycles. The zero-order valence-electron chi connectivity index (χ0n) is 15.2. The maximum atomic E-state index is 13.3. The molecule has 2 N–H and O–H groups in total. The summed E-state index contributed by atoms with van der Waals surface area (Å²) in [7, 11) is 0. The van der Waals surface area contributed by atoms with Gasteiger partial charge < -0.3 is 15.5 Å². The van der Waals surface area contributed by atoms with E-state index in [0.29, 0.717) is 44.7 Å². The molecule has 1 aliphatic rings. The Bertz CT molecular complexity index is 586. The Morgan fingerprint density at radius 3 is 2.42 bits per heavy atom. The van der Waals surface area contributed by atoms with E-state index in [-0.39, 0.29) is 24.2 Å². The molecule has 26 heavy (non-hydrogen) atoms. The highest BCUT2D eigenvalue weighted by molar-refractivity contribution is 5.94. The molecule has 0 spiro atoms. The first-order valence-corrected chi connectivity index (χ1v) is 9.14. The molecule has 0 atom stereocenters. The lowest BCUT2D eigenvalue weighted by molar-refractivity contribution is -0.131. The molecule has 2 rings (SSSR count). The normalized spacial score (nSPS) is 14.5. The summed E-state index contributed by atoms with van der Waals surface area (Å²) in [5.74, 6) is -0.421. The number of amides is 2. The molecule has 1 saturated heterocycles. The van der Waals surface area contributed by atoms with Crippen molar-refractivity contribution in [3.63, 3.8) is 0 Å². The fourth-order valence-electron chi connectivity index (χ4n) is 3.11. The van der Waals surface area contributed by atoms with Gasteiger partial charge in [-0.25, -0.2) is 4.39 Å². The minimum Gasteiger partial charge on any atom is -0.341 e. The number of unbranched alkanes of at least 4 members (excludes halogenated alkanes) is 3. The third kappa shape index (κ3) is 6.92. The van der Waals surface area contributed by atoms with E-state index in [1.165, 1.54) is 12.1 Å². The van der Waals surface area contributed by atoms with Gasteiger partial charge in [-0.05, 0) is 44.0 Å². The number of hydrogen-bond acceptors (Lipinski definition) is 3. The van der Waals surface area contributed by atoms with Crippen molar-refractivity contribution in [1.82, 2.24) is 9.80 Å². The molecule has 1 fully saturated rings. The zero-order valence-corrected chi connectivity index (χ0v) is 16.0. The van der Waals surface area contributed by atoms with Gasteiger partial charge in [-0.2, -0.15) is 0 Å². The summed E-state index contributed by atoms with van der Waals surface area (Å²) in [6.07, 6.45) is 5.30. The summed E-state index contributed by atoms with van der Waals surface area (Å²) in [5, 5.41) is 0. The lowest BCUT2D eigenvalue weighted by Crippen LogP contribution is -2.37. The summed E-state index contributed by atoms with van der Waals surface area (Å²) >= 11 is 0. The zero-order chi connectivity index (χ0) is 18.1. The van der Waals surface area contributed by atoms with Crippen LogP contribution in [0.5, 0.6) is 0 Å². The van der Waals surface area contributed by atoms with Crippen LogP contribution in [0.4, 0.5) is 4.39 Å². The molecule has 1 heterocycles. The van der Waals surface area contributed by atoms with Crippen molar-refractivity contribution < 1.29 is 14.0 Å². The van der Waals surface area contributed by atoms with Gasteiger partial charge in [0.05, 0.1) is 0 Å². The Morgan fingerprint density at radius 1 is 1.00 bits per heavy atom. The molecule has 0 saturated carbocycles. The number of rotatable bonds is 7. The second kappa shape index (κ2) is 11.9. The predicted octanol–water partition coefficient (Wildman–Crippen LogP) is 2.83. The second-order valence-corrected chi connectivity index (χ2v) is 6.49. The van der Waals surface area contributed by atoms with Gasteiger partial charge in [-0.1, -0.05) is 18.9 Å². The maximum absolute atomic E-state index is 13.3. The Labute approximate surface area is 161 Å². The van der Waals surface area contributed by atoms with Gasteiger partial charge in [-0.15, -0.1) is 12.4 Å². The van der Waals surface area contributed by atoms with Crippen LogP contribution in [-0.4, -0.2) is 54.3 Å². The number of carbonyl (C=O) groups is 2. The molecular formula is C19H29ClFN3O2. The molecule has 1 aliphatic heterocycles. The van der Waals surface area contributed by atoms with Crippen molar-refractivity contribution in [3.8, 4) is 0 Å². The molecule has 0 aromatic heterocycles. The number of hydrogen-bond donors (Lipinski definition) is 1. The third-order valence-corrected chi connectivity index (χ3v) is 4.55. The highest BCUT2D eigenvalue weighted by Crippen LogP contribution is 2.12. The SMILES string of the molecule is Cl.NCCCCCCC(=O)N1CCCN(C(=O)c2cccc(F)c2)CC1. The summed E-state index contributed by atoms with van der Waals surface area (Å²) in [6.45, 7) is 3.01. The van der Waals surface area contributed by atoms with Crippen molar-refractivity contribution in [2.24, 2.45) is 5.73 Å². The molecule has 0 bridgehead atoms. The van der Waals surface area contributed by atoms with E-state index < -0.39 is 5.82 Å². The molecule has 146 valence electrons. The summed E-state index contributed by atoms with van der Waals surface area (Å²) in [4.78, 5) is 28.4. The van der Waals surface area contributed by atoms with Crippen molar-refractivity contribution in [3.05, 3.63) is 35.6 Å². The Morgan fingerprint density at radius 2 is 1.69 bits per heavy atom.